The lowest BCUT2D eigenvalue weighted by molar-refractivity contribution is -0.133. The fraction of sp³-hybridized carbons (Fsp3) is 0.727. The fourth-order valence-electron chi connectivity index (χ4n) is 2.02. The van der Waals surface area contributed by atoms with Crippen LogP contribution in [-0.2, 0) is 4.79 Å². The number of carboxylic acid groups (broad SMARTS) is 1. The molecule has 0 unspecified atom stereocenters. The Balaban J connectivity index is 2.46. The van der Waals surface area contributed by atoms with E-state index in [0.717, 1.165) is 19.5 Å². The third-order valence-electron chi connectivity index (χ3n) is 2.70. The summed E-state index contributed by atoms with van der Waals surface area (Å²) in [5.41, 5.74) is 0.611. The van der Waals surface area contributed by atoms with E-state index in [2.05, 4.69) is 25.3 Å². The number of carbonyl (C=O) groups is 1. The minimum absolute atomic E-state index is 0.294. The second kappa shape index (κ2) is 4.13. The largest absolute Gasteiger partial charge is 0.478 e. The maximum atomic E-state index is 10.6. The molecule has 3 heteroatoms. The predicted octanol–water partition coefficient (Wildman–Crippen LogP) is 1.75. The van der Waals surface area contributed by atoms with Gasteiger partial charge in [-0.25, -0.2) is 4.79 Å². The van der Waals surface area contributed by atoms with Gasteiger partial charge < -0.3 is 5.11 Å². The van der Waals surface area contributed by atoms with Crippen LogP contribution in [0.4, 0.5) is 0 Å². The maximum absolute atomic E-state index is 10.6. The molecule has 1 heterocycles. The van der Waals surface area contributed by atoms with Gasteiger partial charge in [0.25, 0.3) is 0 Å². The van der Waals surface area contributed by atoms with Gasteiger partial charge in [-0.3, -0.25) is 4.90 Å². The first kappa shape index (κ1) is 11.2. The first-order valence-electron chi connectivity index (χ1n) is 5.04. The minimum atomic E-state index is -0.881. The Morgan fingerprint density at radius 2 is 2.21 bits per heavy atom. The van der Waals surface area contributed by atoms with E-state index in [-0.39, 0.29) is 0 Å². The van der Waals surface area contributed by atoms with Crippen LogP contribution >= 0.6 is 0 Å². The minimum Gasteiger partial charge on any atom is -0.478 e. The zero-order valence-corrected chi connectivity index (χ0v) is 9.05. The first-order chi connectivity index (χ1) is 6.41. The van der Waals surface area contributed by atoms with Crippen molar-refractivity contribution >= 4 is 5.97 Å². The first-order valence-corrected chi connectivity index (χ1v) is 5.04. The summed E-state index contributed by atoms with van der Waals surface area (Å²) in [6.45, 7) is 10.5. The molecule has 0 aliphatic carbocycles. The Bertz CT molecular complexity index is 246. The molecule has 0 amide bonds. The number of hydrogen-bond acceptors (Lipinski definition) is 2. The second-order valence-corrected chi connectivity index (χ2v) is 4.89. The highest BCUT2D eigenvalue weighted by Gasteiger charge is 2.26. The van der Waals surface area contributed by atoms with Gasteiger partial charge in [0.2, 0.25) is 0 Å². The average Bonchev–Trinajstić information content (AvgIpc) is 2.01. The molecule has 0 radical (unpaired) electrons. The number of aliphatic carboxylic acids is 1. The summed E-state index contributed by atoms with van der Waals surface area (Å²) in [6, 6.07) is 0. The molecular weight excluding hydrogens is 178 g/mol. The fourth-order valence-corrected chi connectivity index (χ4v) is 2.02. The Morgan fingerprint density at radius 3 is 2.71 bits per heavy atom. The maximum Gasteiger partial charge on any atom is 0.332 e. The summed E-state index contributed by atoms with van der Waals surface area (Å²) in [5.74, 6) is -0.881. The van der Waals surface area contributed by atoms with Gasteiger partial charge in [0.15, 0.2) is 0 Å². The Morgan fingerprint density at radius 1 is 1.57 bits per heavy atom. The molecule has 0 atom stereocenters. The van der Waals surface area contributed by atoms with E-state index >= 15 is 0 Å². The van der Waals surface area contributed by atoms with E-state index in [9.17, 15) is 4.79 Å². The predicted molar refractivity (Wildman–Crippen MR) is 56.2 cm³/mol. The van der Waals surface area contributed by atoms with Crippen molar-refractivity contribution in [3.05, 3.63) is 12.2 Å². The molecule has 0 bridgehead atoms. The third-order valence-corrected chi connectivity index (χ3v) is 2.70. The van der Waals surface area contributed by atoms with Crippen LogP contribution in [0.5, 0.6) is 0 Å². The standard InChI is InChI=1S/C11H19NO2/c1-9(10(13)14)7-12-6-4-5-11(2,3)8-12/h1,4-8H2,2-3H3,(H,13,14). The van der Waals surface area contributed by atoms with E-state index in [1.54, 1.807) is 0 Å². The van der Waals surface area contributed by atoms with E-state index < -0.39 is 5.97 Å². The Labute approximate surface area is 85.4 Å². The molecule has 1 aliphatic rings. The molecule has 1 N–H and O–H groups in total. The normalized spacial score (nSPS) is 21.9. The van der Waals surface area contributed by atoms with Crippen molar-refractivity contribution in [1.29, 1.82) is 0 Å². The molecule has 3 nitrogen and oxygen atoms in total. The molecule has 0 aromatic carbocycles. The van der Waals surface area contributed by atoms with Crippen molar-refractivity contribution in [3.8, 4) is 0 Å². The van der Waals surface area contributed by atoms with Gasteiger partial charge in [0, 0.05) is 18.7 Å². The van der Waals surface area contributed by atoms with E-state index in [1.165, 1.54) is 6.42 Å². The van der Waals surface area contributed by atoms with E-state index in [4.69, 9.17) is 5.11 Å². The summed E-state index contributed by atoms with van der Waals surface area (Å²) in [5, 5.41) is 8.72. The third kappa shape index (κ3) is 3.14. The number of piperidine rings is 1. The van der Waals surface area contributed by atoms with Crippen LogP contribution in [0.3, 0.4) is 0 Å². The number of nitrogens with zero attached hydrogens (tertiary/aromatic N) is 1. The number of rotatable bonds is 3. The van der Waals surface area contributed by atoms with Crippen LogP contribution in [-0.4, -0.2) is 35.6 Å². The molecule has 80 valence electrons. The molecule has 1 aliphatic heterocycles. The highest BCUT2D eigenvalue weighted by Crippen LogP contribution is 2.28. The molecular formula is C11H19NO2. The molecule has 0 spiro atoms. The molecule has 14 heavy (non-hydrogen) atoms. The van der Waals surface area contributed by atoms with Gasteiger partial charge in [0.05, 0.1) is 0 Å². The van der Waals surface area contributed by atoms with Crippen LogP contribution in [0, 0.1) is 5.41 Å². The van der Waals surface area contributed by atoms with E-state index in [0.29, 0.717) is 17.5 Å². The topological polar surface area (TPSA) is 40.5 Å². The number of carboxylic acids is 1. The highest BCUT2D eigenvalue weighted by molar-refractivity contribution is 5.86. The lowest BCUT2D eigenvalue weighted by atomic mass is 9.84. The Hall–Kier alpha value is -0.830. The zero-order valence-electron chi connectivity index (χ0n) is 9.05. The van der Waals surface area contributed by atoms with Crippen LogP contribution in [0.25, 0.3) is 0 Å². The van der Waals surface area contributed by atoms with Crippen molar-refractivity contribution in [2.75, 3.05) is 19.6 Å². The Kier molecular flexibility index (Phi) is 3.32. The molecule has 1 fully saturated rings. The summed E-state index contributed by atoms with van der Waals surface area (Å²) in [4.78, 5) is 12.8. The van der Waals surface area contributed by atoms with Gasteiger partial charge in [-0.05, 0) is 24.8 Å². The highest BCUT2D eigenvalue weighted by atomic mass is 16.4. The van der Waals surface area contributed by atoms with Crippen molar-refractivity contribution in [3.63, 3.8) is 0 Å². The molecule has 0 aromatic heterocycles. The summed E-state index contributed by atoms with van der Waals surface area (Å²) < 4.78 is 0. The molecule has 1 rings (SSSR count). The van der Waals surface area contributed by atoms with Gasteiger partial charge >= 0.3 is 5.97 Å². The monoisotopic (exact) mass is 197 g/mol. The van der Waals surface area contributed by atoms with Crippen LogP contribution in [0.2, 0.25) is 0 Å². The quantitative estimate of drug-likeness (QED) is 0.701. The van der Waals surface area contributed by atoms with Gasteiger partial charge in [-0.15, -0.1) is 0 Å². The second-order valence-electron chi connectivity index (χ2n) is 4.89. The molecule has 1 saturated heterocycles. The van der Waals surface area contributed by atoms with Crippen LogP contribution in [0.15, 0.2) is 12.2 Å². The summed E-state index contributed by atoms with van der Waals surface area (Å²) >= 11 is 0. The molecule has 0 aromatic rings. The van der Waals surface area contributed by atoms with Gasteiger partial charge in [0.1, 0.15) is 0 Å². The summed E-state index contributed by atoms with van der Waals surface area (Å²) in [7, 11) is 0. The van der Waals surface area contributed by atoms with Crippen LogP contribution < -0.4 is 0 Å². The van der Waals surface area contributed by atoms with Crippen molar-refractivity contribution in [1.82, 2.24) is 4.90 Å². The lowest BCUT2D eigenvalue weighted by Gasteiger charge is -2.38. The van der Waals surface area contributed by atoms with Crippen molar-refractivity contribution < 1.29 is 9.90 Å². The SMILES string of the molecule is C=C(CN1CCCC(C)(C)C1)C(=O)O. The number of likely N-dealkylation sites (tertiary alicyclic amines) is 1. The average molecular weight is 197 g/mol. The molecule has 0 saturated carbocycles. The van der Waals surface area contributed by atoms with Crippen molar-refractivity contribution in [2.45, 2.75) is 26.7 Å². The zero-order chi connectivity index (χ0) is 10.8. The lowest BCUT2D eigenvalue weighted by Crippen LogP contribution is -2.41. The van der Waals surface area contributed by atoms with Gasteiger partial charge in [-0.1, -0.05) is 20.4 Å². The summed E-state index contributed by atoms with van der Waals surface area (Å²) in [6.07, 6.45) is 2.38. The smallest absolute Gasteiger partial charge is 0.332 e. The van der Waals surface area contributed by atoms with Gasteiger partial charge in [-0.2, -0.15) is 0 Å². The number of hydrogen-bond donors (Lipinski definition) is 1. The van der Waals surface area contributed by atoms with Crippen molar-refractivity contribution in [2.24, 2.45) is 5.41 Å². The van der Waals surface area contributed by atoms with Crippen LogP contribution in [0.1, 0.15) is 26.7 Å². The van der Waals surface area contributed by atoms with E-state index in [1.807, 2.05) is 0 Å².